The van der Waals surface area contributed by atoms with Gasteiger partial charge in [0.2, 0.25) is 0 Å². The molecule has 0 spiro atoms. The highest BCUT2D eigenvalue weighted by molar-refractivity contribution is 6.22. The van der Waals surface area contributed by atoms with Crippen LogP contribution < -0.4 is 16.0 Å². The highest BCUT2D eigenvalue weighted by atomic mass is 16.3. The number of nitrogens with one attached hydrogen (secondary N) is 1. The Labute approximate surface area is 186 Å². The lowest BCUT2D eigenvalue weighted by atomic mass is 9.60. The third-order valence-corrected chi connectivity index (χ3v) is 7.11. The van der Waals surface area contributed by atoms with Crippen molar-refractivity contribution in [2.24, 2.45) is 23.5 Å². The molecule has 0 bridgehead atoms. The van der Waals surface area contributed by atoms with Crippen LogP contribution in [0.1, 0.15) is 41.3 Å². The lowest BCUT2D eigenvalue weighted by Crippen LogP contribution is -2.43. The minimum Gasteiger partial charge on any atom is -0.511 e. The molecule has 0 saturated heterocycles. The number of anilines is 1. The molecular weight excluding hydrogens is 410 g/mol. The van der Waals surface area contributed by atoms with E-state index in [2.05, 4.69) is 5.32 Å². The van der Waals surface area contributed by atoms with Crippen LogP contribution in [-0.2, 0) is 22.6 Å². The number of nitrogens with zero attached hydrogens (tertiary/aromatic N) is 1. The molecule has 1 aromatic rings. The van der Waals surface area contributed by atoms with E-state index in [0.717, 1.165) is 11.3 Å². The molecule has 32 heavy (non-hydrogen) atoms. The van der Waals surface area contributed by atoms with Crippen LogP contribution in [0.4, 0.5) is 5.69 Å². The molecule has 0 aliphatic heterocycles. The van der Waals surface area contributed by atoms with Crippen LogP contribution in [0.3, 0.4) is 0 Å². The molecule has 170 valence electrons. The topological polar surface area (TPSA) is 133 Å². The van der Waals surface area contributed by atoms with Crippen molar-refractivity contribution in [3.63, 3.8) is 0 Å². The number of hydrogen-bond acceptors (Lipinski definition) is 7. The first-order valence-electron chi connectivity index (χ1n) is 10.8. The summed E-state index contributed by atoms with van der Waals surface area (Å²) in [6.07, 6.45) is 1.28. The van der Waals surface area contributed by atoms with Gasteiger partial charge >= 0.3 is 0 Å². The predicted molar refractivity (Wildman–Crippen MR) is 119 cm³/mol. The second-order valence-corrected chi connectivity index (χ2v) is 9.24. The van der Waals surface area contributed by atoms with Gasteiger partial charge in [-0.2, -0.15) is 0 Å². The number of aliphatic hydroxyl groups is 1. The zero-order valence-electron chi connectivity index (χ0n) is 18.8. The maximum Gasteiger partial charge on any atom is 0.255 e. The molecule has 1 amide bonds. The molecule has 3 aliphatic rings. The molecule has 0 saturated carbocycles. The maximum atomic E-state index is 13.8. The Morgan fingerprint density at radius 1 is 1.25 bits per heavy atom. The Hall–Kier alpha value is -3.13. The van der Waals surface area contributed by atoms with Gasteiger partial charge in [-0.1, -0.05) is 5.57 Å². The van der Waals surface area contributed by atoms with Gasteiger partial charge in [-0.3, -0.25) is 14.4 Å². The minimum atomic E-state index is -0.948. The number of carbonyl (C=O) groups is 3. The first-order valence-corrected chi connectivity index (χ1v) is 10.8. The summed E-state index contributed by atoms with van der Waals surface area (Å²) in [6.45, 7) is 2.16. The average molecular weight is 440 g/mol. The van der Waals surface area contributed by atoms with Gasteiger partial charge in [0.25, 0.3) is 5.91 Å². The number of primary amides is 1. The molecule has 0 fully saturated rings. The molecule has 3 atom stereocenters. The summed E-state index contributed by atoms with van der Waals surface area (Å²) in [6, 6.07) is 1.91. The monoisotopic (exact) mass is 439 g/mol. The smallest absolute Gasteiger partial charge is 0.255 e. The summed E-state index contributed by atoms with van der Waals surface area (Å²) in [5.74, 6) is -3.01. The van der Waals surface area contributed by atoms with E-state index in [1.165, 1.54) is 0 Å². The number of Topliss-reactive ketones (excluding diaryl/α,β-unsaturated/α-hetero) is 2. The molecule has 0 radical (unpaired) electrons. The quantitative estimate of drug-likeness (QED) is 0.525. The van der Waals surface area contributed by atoms with Crippen molar-refractivity contribution in [2.45, 2.75) is 32.7 Å². The number of amides is 1. The van der Waals surface area contributed by atoms with Gasteiger partial charge in [-0.05, 0) is 50.3 Å². The number of aromatic hydroxyl groups is 1. The SMILES string of the molecule is CNCc1cc(N(C)C)c2c(c1O)C(=O)C1=C(C)C3C(=O)C(C(N)=O)=C(O)CC3CC1C2. The second-order valence-electron chi connectivity index (χ2n) is 9.24. The Bertz CT molecular complexity index is 1120. The number of ketones is 2. The molecule has 5 N–H and O–H groups in total. The largest absolute Gasteiger partial charge is 0.511 e. The minimum absolute atomic E-state index is 0.0313. The summed E-state index contributed by atoms with van der Waals surface area (Å²) in [7, 11) is 5.58. The fourth-order valence-corrected chi connectivity index (χ4v) is 5.84. The van der Waals surface area contributed by atoms with Crippen molar-refractivity contribution in [2.75, 3.05) is 26.0 Å². The normalized spacial score (nSPS) is 24.8. The van der Waals surface area contributed by atoms with Gasteiger partial charge in [-0.15, -0.1) is 0 Å². The number of benzene rings is 1. The number of allylic oxidation sites excluding steroid dienone is 3. The molecule has 3 unspecified atom stereocenters. The summed E-state index contributed by atoms with van der Waals surface area (Å²) < 4.78 is 0. The van der Waals surface area contributed by atoms with E-state index >= 15 is 0 Å². The van der Waals surface area contributed by atoms with Gasteiger partial charge in [0.05, 0.1) is 5.56 Å². The number of hydrogen-bond donors (Lipinski definition) is 4. The van der Waals surface area contributed by atoms with Crippen LogP contribution in [0.5, 0.6) is 5.75 Å². The first-order chi connectivity index (χ1) is 15.1. The number of phenols is 1. The van der Waals surface area contributed by atoms with Gasteiger partial charge in [0.1, 0.15) is 17.1 Å². The van der Waals surface area contributed by atoms with Crippen LogP contribution in [0.25, 0.3) is 0 Å². The van der Waals surface area contributed by atoms with Gasteiger partial charge in [0, 0.05) is 49.8 Å². The Kier molecular flexibility index (Phi) is 5.36. The Balaban J connectivity index is 1.88. The van der Waals surface area contributed by atoms with Gasteiger partial charge in [-0.25, -0.2) is 0 Å². The number of fused-ring (bicyclic) bond motifs is 3. The Morgan fingerprint density at radius 3 is 2.53 bits per heavy atom. The summed E-state index contributed by atoms with van der Waals surface area (Å²) >= 11 is 0. The zero-order chi connectivity index (χ0) is 23.5. The number of carbonyl (C=O) groups excluding carboxylic acids is 3. The van der Waals surface area contributed by atoms with Crippen molar-refractivity contribution in [1.82, 2.24) is 5.32 Å². The van der Waals surface area contributed by atoms with Crippen LogP contribution in [-0.4, -0.2) is 48.8 Å². The highest BCUT2D eigenvalue weighted by Gasteiger charge is 2.48. The maximum absolute atomic E-state index is 13.8. The first kappa shape index (κ1) is 22.1. The molecule has 8 nitrogen and oxygen atoms in total. The van der Waals surface area contributed by atoms with Crippen molar-refractivity contribution in [3.8, 4) is 5.75 Å². The van der Waals surface area contributed by atoms with E-state index < -0.39 is 17.6 Å². The van der Waals surface area contributed by atoms with E-state index in [9.17, 15) is 24.6 Å². The fourth-order valence-electron chi connectivity index (χ4n) is 5.84. The summed E-state index contributed by atoms with van der Waals surface area (Å²) in [4.78, 5) is 40.5. The van der Waals surface area contributed by atoms with Gasteiger partial charge in [0.15, 0.2) is 11.6 Å². The predicted octanol–water partition coefficient (Wildman–Crippen LogP) is 1.76. The third-order valence-electron chi connectivity index (χ3n) is 7.11. The number of phenolic OH excluding ortho intramolecular Hbond substituents is 1. The Morgan fingerprint density at radius 2 is 1.94 bits per heavy atom. The van der Waals surface area contributed by atoms with Crippen LogP contribution in [0.2, 0.25) is 0 Å². The van der Waals surface area contributed by atoms with Crippen LogP contribution in [0.15, 0.2) is 28.5 Å². The van der Waals surface area contributed by atoms with Crippen LogP contribution >= 0.6 is 0 Å². The average Bonchev–Trinajstić information content (AvgIpc) is 2.68. The summed E-state index contributed by atoms with van der Waals surface area (Å²) in [5.41, 5.74) is 8.75. The molecule has 4 rings (SSSR count). The molecular formula is C24H29N3O5. The lowest BCUT2D eigenvalue weighted by Gasteiger charge is -2.42. The zero-order valence-corrected chi connectivity index (χ0v) is 18.8. The summed E-state index contributed by atoms with van der Waals surface area (Å²) in [5, 5.41) is 24.3. The highest BCUT2D eigenvalue weighted by Crippen LogP contribution is 2.51. The van der Waals surface area contributed by atoms with E-state index in [1.807, 2.05) is 25.1 Å². The molecule has 3 aliphatic carbocycles. The number of aliphatic hydroxyl groups excluding tert-OH is 1. The lowest BCUT2D eigenvalue weighted by molar-refractivity contribution is -0.125. The second kappa shape index (κ2) is 7.78. The molecule has 1 aromatic carbocycles. The van der Waals surface area contributed by atoms with E-state index in [1.54, 1.807) is 14.0 Å². The standard InChI is InChI=1S/C24H29N3O5/c1-10-17-11(5-12-8-16(28)20(24(25)32)23(31)18(10)12)6-14-15(27(3)4)7-13(9-26-2)21(29)19(14)22(17)30/h7,11-12,18,26,28-29H,5-6,8-9H2,1-4H3,(H2,25,32). The van der Waals surface area contributed by atoms with Crippen molar-refractivity contribution < 1.29 is 24.6 Å². The van der Waals surface area contributed by atoms with E-state index in [4.69, 9.17) is 5.73 Å². The molecule has 0 aromatic heterocycles. The van der Waals surface area contributed by atoms with Crippen molar-refractivity contribution in [1.29, 1.82) is 0 Å². The number of nitrogens with two attached hydrogens (primary N) is 1. The fraction of sp³-hybridized carbons (Fsp3) is 0.458. The van der Waals surface area contributed by atoms with Crippen molar-refractivity contribution in [3.05, 3.63) is 45.2 Å². The third kappa shape index (κ3) is 3.12. The molecule has 0 heterocycles. The van der Waals surface area contributed by atoms with Crippen LogP contribution in [0, 0.1) is 17.8 Å². The number of rotatable bonds is 4. The van der Waals surface area contributed by atoms with Gasteiger partial charge < -0.3 is 26.2 Å². The van der Waals surface area contributed by atoms with Crippen molar-refractivity contribution >= 4 is 23.2 Å². The van der Waals surface area contributed by atoms with E-state index in [0.29, 0.717) is 41.7 Å². The molecule has 8 heteroatoms. The van der Waals surface area contributed by atoms with E-state index in [-0.39, 0.29) is 41.1 Å².